The van der Waals surface area contributed by atoms with Gasteiger partial charge in [-0.2, -0.15) is 0 Å². The van der Waals surface area contributed by atoms with E-state index in [2.05, 4.69) is 86.4 Å². The summed E-state index contributed by atoms with van der Waals surface area (Å²) in [4.78, 5) is 0. The van der Waals surface area contributed by atoms with E-state index in [0.29, 0.717) is 5.92 Å². The molecule has 0 nitrogen and oxygen atoms in total. The molecular formula is C30H38. The Morgan fingerprint density at radius 2 is 1.33 bits per heavy atom. The van der Waals surface area contributed by atoms with Gasteiger partial charge >= 0.3 is 0 Å². The minimum atomic E-state index is 0.691. The summed E-state index contributed by atoms with van der Waals surface area (Å²) < 4.78 is 0. The third-order valence-corrected chi connectivity index (χ3v) is 6.48. The fourth-order valence-corrected chi connectivity index (χ4v) is 4.43. The lowest BCUT2D eigenvalue weighted by atomic mass is 9.78. The van der Waals surface area contributed by atoms with Crippen molar-refractivity contribution in [1.29, 1.82) is 0 Å². The molecule has 1 aliphatic rings. The highest BCUT2D eigenvalue weighted by Crippen LogP contribution is 2.36. The lowest BCUT2D eigenvalue weighted by Gasteiger charge is -2.27. The van der Waals surface area contributed by atoms with Gasteiger partial charge in [0.2, 0.25) is 0 Å². The number of aryl methyl sites for hydroxylation is 2. The Labute approximate surface area is 184 Å². The van der Waals surface area contributed by atoms with Crippen LogP contribution in [0.15, 0.2) is 60.7 Å². The van der Waals surface area contributed by atoms with Crippen molar-refractivity contribution in [1.82, 2.24) is 0 Å². The van der Waals surface area contributed by atoms with E-state index in [0.717, 1.165) is 11.5 Å². The molecule has 2 aromatic rings. The van der Waals surface area contributed by atoms with Crippen molar-refractivity contribution in [2.24, 2.45) is 5.92 Å². The highest BCUT2D eigenvalue weighted by molar-refractivity contribution is 5.38. The van der Waals surface area contributed by atoms with Crippen LogP contribution in [0.1, 0.15) is 93.4 Å². The monoisotopic (exact) mass is 398 g/mol. The van der Waals surface area contributed by atoms with Crippen LogP contribution in [0.25, 0.3) is 0 Å². The molecular weight excluding hydrogens is 360 g/mol. The van der Waals surface area contributed by atoms with Crippen LogP contribution in [0.4, 0.5) is 0 Å². The fourth-order valence-electron chi connectivity index (χ4n) is 4.43. The Morgan fingerprint density at radius 3 is 1.90 bits per heavy atom. The van der Waals surface area contributed by atoms with E-state index in [1.165, 1.54) is 75.3 Å². The van der Waals surface area contributed by atoms with E-state index in [-0.39, 0.29) is 0 Å². The molecule has 158 valence electrons. The molecule has 0 heterocycles. The Kier molecular flexibility index (Phi) is 9.30. The first kappa shape index (κ1) is 22.4. The van der Waals surface area contributed by atoms with E-state index >= 15 is 0 Å². The molecule has 0 spiro atoms. The summed E-state index contributed by atoms with van der Waals surface area (Å²) in [5.41, 5.74) is 5.57. The molecule has 3 rings (SSSR count). The second-order valence-electron chi connectivity index (χ2n) is 8.89. The van der Waals surface area contributed by atoms with Crippen molar-refractivity contribution >= 4 is 0 Å². The molecule has 0 aliphatic heterocycles. The number of benzene rings is 2. The predicted octanol–water partition coefficient (Wildman–Crippen LogP) is 8.25. The number of rotatable bonds is 8. The third-order valence-electron chi connectivity index (χ3n) is 6.48. The molecule has 0 aromatic heterocycles. The van der Waals surface area contributed by atoms with Crippen LogP contribution in [0.3, 0.4) is 0 Å². The van der Waals surface area contributed by atoms with E-state index in [4.69, 9.17) is 0 Å². The quantitative estimate of drug-likeness (QED) is 0.393. The van der Waals surface area contributed by atoms with Gasteiger partial charge in [0.25, 0.3) is 0 Å². The summed E-state index contributed by atoms with van der Waals surface area (Å²) in [7, 11) is 0. The lowest BCUT2D eigenvalue weighted by molar-refractivity contribution is 0.376. The van der Waals surface area contributed by atoms with Crippen LogP contribution >= 0.6 is 0 Å². The summed E-state index contributed by atoms with van der Waals surface area (Å²) in [6.45, 7) is 4.50. The molecule has 0 atom stereocenters. The normalized spacial score (nSPS) is 18.9. The summed E-state index contributed by atoms with van der Waals surface area (Å²) in [6.07, 6.45) is 17.1. The Hall–Kier alpha value is -2.26. The van der Waals surface area contributed by atoms with E-state index in [9.17, 15) is 0 Å². The molecule has 0 amide bonds. The molecule has 0 bridgehead atoms. The van der Waals surface area contributed by atoms with Gasteiger partial charge in [-0.1, -0.05) is 81.0 Å². The van der Waals surface area contributed by atoms with Gasteiger partial charge in [-0.05, 0) is 98.1 Å². The third kappa shape index (κ3) is 7.21. The van der Waals surface area contributed by atoms with E-state index in [1.807, 2.05) is 0 Å². The number of allylic oxidation sites excluding steroid dienone is 2. The van der Waals surface area contributed by atoms with Gasteiger partial charge in [-0.25, -0.2) is 0 Å². The van der Waals surface area contributed by atoms with Crippen molar-refractivity contribution in [3.8, 4) is 11.8 Å². The van der Waals surface area contributed by atoms with Crippen molar-refractivity contribution < 1.29 is 0 Å². The van der Waals surface area contributed by atoms with Gasteiger partial charge in [0.05, 0.1) is 0 Å². The number of unbranched alkanes of at least 4 members (excludes halogenated alkanes) is 2. The molecule has 0 N–H and O–H groups in total. The van der Waals surface area contributed by atoms with E-state index < -0.39 is 0 Å². The first-order chi connectivity index (χ1) is 14.8. The number of hydrogen-bond donors (Lipinski definition) is 0. The maximum absolute atomic E-state index is 3.29. The Bertz CT molecular complexity index is 818. The van der Waals surface area contributed by atoms with Crippen molar-refractivity contribution in [2.75, 3.05) is 0 Å². The zero-order valence-corrected chi connectivity index (χ0v) is 19.0. The second kappa shape index (κ2) is 12.4. The molecule has 0 unspecified atom stereocenters. The van der Waals surface area contributed by atoms with Gasteiger partial charge in [-0.3, -0.25) is 0 Å². The maximum atomic E-state index is 3.29. The Balaban J connectivity index is 1.43. The average Bonchev–Trinajstić information content (AvgIpc) is 2.81. The zero-order chi connectivity index (χ0) is 21.0. The summed E-state index contributed by atoms with van der Waals surface area (Å²) >= 11 is 0. The van der Waals surface area contributed by atoms with Gasteiger partial charge in [0, 0.05) is 5.56 Å². The van der Waals surface area contributed by atoms with Crippen LogP contribution in [0, 0.1) is 17.8 Å². The van der Waals surface area contributed by atoms with Crippen molar-refractivity contribution in [3.05, 3.63) is 82.9 Å². The number of hydrogen-bond acceptors (Lipinski definition) is 0. The van der Waals surface area contributed by atoms with Gasteiger partial charge < -0.3 is 0 Å². The Morgan fingerprint density at radius 1 is 0.767 bits per heavy atom. The minimum Gasteiger partial charge on any atom is -0.0730 e. The van der Waals surface area contributed by atoms with Crippen molar-refractivity contribution in [2.45, 2.75) is 84.0 Å². The molecule has 0 saturated heterocycles. The van der Waals surface area contributed by atoms with E-state index in [1.54, 1.807) is 5.56 Å². The van der Waals surface area contributed by atoms with Crippen molar-refractivity contribution in [3.63, 3.8) is 0 Å². The smallest absolute Gasteiger partial charge is 0.0249 e. The molecule has 1 fully saturated rings. The molecule has 0 radical (unpaired) electrons. The fraction of sp³-hybridized carbons (Fsp3) is 0.467. The summed E-state index contributed by atoms with van der Waals surface area (Å²) in [5.74, 6) is 7.97. The lowest BCUT2D eigenvalue weighted by Crippen LogP contribution is -2.11. The minimum absolute atomic E-state index is 0.691. The average molecular weight is 399 g/mol. The molecule has 30 heavy (non-hydrogen) atoms. The molecule has 0 heteroatoms. The molecule has 2 aromatic carbocycles. The van der Waals surface area contributed by atoms with Crippen LogP contribution < -0.4 is 0 Å². The zero-order valence-electron chi connectivity index (χ0n) is 19.0. The highest BCUT2D eigenvalue weighted by Gasteiger charge is 2.20. The van der Waals surface area contributed by atoms with Crippen LogP contribution in [-0.4, -0.2) is 0 Å². The predicted molar refractivity (Wildman–Crippen MR) is 131 cm³/mol. The second-order valence-corrected chi connectivity index (χ2v) is 8.89. The van der Waals surface area contributed by atoms with Gasteiger partial charge in [0.15, 0.2) is 0 Å². The molecule has 1 aliphatic carbocycles. The van der Waals surface area contributed by atoms with Crippen LogP contribution in [-0.2, 0) is 12.8 Å². The largest absolute Gasteiger partial charge is 0.0730 e. The maximum Gasteiger partial charge on any atom is 0.0249 e. The highest BCUT2D eigenvalue weighted by atomic mass is 14.3. The SMILES string of the molecule is CCCCc1ccc(C#CC=CC2CCC(c3ccc(CCCC)cc3)CC2)cc1. The summed E-state index contributed by atoms with van der Waals surface area (Å²) in [6, 6.07) is 18.2. The van der Waals surface area contributed by atoms with Gasteiger partial charge in [0.1, 0.15) is 0 Å². The standard InChI is InChI=1S/C30H38/c1-3-5-9-25-13-15-27(16-14-25)11-7-8-12-28-19-23-30(24-20-28)29-21-17-26(18-22-29)10-6-4-2/h8,12-18,21-22,28,30H,3-6,9-10,19-20,23-24H2,1-2H3. The van der Waals surface area contributed by atoms with Gasteiger partial charge in [-0.15, -0.1) is 0 Å². The first-order valence-corrected chi connectivity index (χ1v) is 12.1. The first-order valence-electron chi connectivity index (χ1n) is 12.1. The van der Waals surface area contributed by atoms with Crippen LogP contribution in [0.5, 0.6) is 0 Å². The summed E-state index contributed by atoms with van der Waals surface area (Å²) in [5, 5.41) is 0. The topological polar surface area (TPSA) is 0 Å². The molecule has 1 saturated carbocycles. The van der Waals surface area contributed by atoms with Crippen LogP contribution in [0.2, 0.25) is 0 Å².